The third-order valence-corrected chi connectivity index (χ3v) is 4.01. The summed E-state index contributed by atoms with van der Waals surface area (Å²) in [5.74, 6) is 0.225. The number of carbonyl (C=O) groups excluding carboxylic acids is 1. The van der Waals surface area contributed by atoms with Crippen molar-refractivity contribution in [3.05, 3.63) is 0 Å². The number of hydrogen-bond acceptors (Lipinski definition) is 3. The molecule has 2 fully saturated rings. The van der Waals surface area contributed by atoms with Crippen molar-refractivity contribution in [2.24, 2.45) is 5.41 Å². The predicted molar refractivity (Wildman–Crippen MR) is 57.3 cm³/mol. The predicted octanol–water partition coefficient (Wildman–Crippen LogP) is 0.578. The largest absolute Gasteiger partial charge is 0.381 e. The van der Waals surface area contributed by atoms with E-state index in [9.17, 15) is 4.79 Å². The molecule has 2 aliphatic rings. The summed E-state index contributed by atoms with van der Waals surface area (Å²) in [4.78, 5) is 13.8. The molecule has 1 N–H and O–H groups in total. The molecular weight excluding hydrogens is 192 g/mol. The molecule has 1 heterocycles. The first-order valence-corrected chi connectivity index (χ1v) is 5.55. The fraction of sp³-hybridized carbons (Fsp3) is 0.909. The molecule has 86 valence electrons. The molecule has 0 radical (unpaired) electrons. The average molecular weight is 212 g/mol. The molecule has 15 heavy (non-hydrogen) atoms. The molecule has 3 atom stereocenters. The van der Waals surface area contributed by atoms with Crippen LogP contribution in [-0.4, -0.2) is 42.8 Å². The third kappa shape index (κ3) is 1.47. The van der Waals surface area contributed by atoms with E-state index in [1.54, 1.807) is 7.11 Å². The fourth-order valence-corrected chi connectivity index (χ4v) is 2.71. The molecule has 1 aliphatic carbocycles. The first kappa shape index (κ1) is 10.9. The van der Waals surface area contributed by atoms with E-state index in [2.05, 4.69) is 19.2 Å². The third-order valence-electron chi connectivity index (χ3n) is 4.01. The number of nitrogens with zero attached hydrogens (tertiary/aromatic N) is 1. The Labute approximate surface area is 91.0 Å². The molecule has 1 aliphatic heterocycles. The van der Waals surface area contributed by atoms with Gasteiger partial charge in [0.05, 0.1) is 18.8 Å². The van der Waals surface area contributed by atoms with E-state index in [1.807, 2.05) is 11.8 Å². The van der Waals surface area contributed by atoms with Gasteiger partial charge in [0.25, 0.3) is 0 Å². The van der Waals surface area contributed by atoms with E-state index in [0.29, 0.717) is 12.7 Å². The number of methoxy groups -OCH3 is 1. The molecule has 1 amide bonds. The topological polar surface area (TPSA) is 41.6 Å². The van der Waals surface area contributed by atoms with Crippen molar-refractivity contribution < 1.29 is 9.53 Å². The number of ether oxygens (including phenoxy) is 1. The van der Waals surface area contributed by atoms with Gasteiger partial charge < -0.3 is 9.64 Å². The van der Waals surface area contributed by atoms with Gasteiger partial charge in [0.15, 0.2) is 0 Å². The van der Waals surface area contributed by atoms with E-state index < -0.39 is 0 Å². The molecule has 0 spiro atoms. The van der Waals surface area contributed by atoms with Crippen LogP contribution in [0.25, 0.3) is 0 Å². The summed E-state index contributed by atoms with van der Waals surface area (Å²) in [5.41, 5.74) is 0.0795. The Morgan fingerprint density at radius 2 is 2.20 bits per heavy atom. The van der Waals surface area contributed by atoms with Crippen LogP contribution in [-0.2, 0) is 9.53 Å². The minimum absolute atomic E-state index is 0.0256. The summed E-state index contributed by atoms with van der Waals surface area (Å²) in [5, 5.41) is 3.17. The molecule has 3 unspecified atom stereocenters. The Morgan fingerprint density at radius 1 is 1.53 bits per heavy atom. The van der Waals surface area contributed by atoms with E-state index in [4.69, 9.17) is 4.74 Å². The van der Waals surface area contributed by atoms with E-state index in [1.165, 1.54) is 0 Å². The number of nitrogens with one attached hydrogen (secondary N) is 1. The second-order valence-electron chi connectivity index (χ2n) is 5.19. The van der Waals surface area contributed by atoms with Gasteiger partial charge in [-0.05, 0) is 13.3 Å². The van der Waals surface area contributed by atoms with Crippen LogP contribution >= 0.6 is 0 Å². The van der Waals surface area contributed by atoms with Gasteiger partial charge in [-0.1, -0.05) is 13.8 Å². The zero-order valence-corrected chi connectivity index (χ0v) is 9.91. The van der Waals surface area contributed by atoms with Crippen LogP contribution in [0, 0.1) is 5.41 Å². The summed E-state index contributed by atoms with van der Waals surface area (Å²) in [6.07, 6.45) is 1.25. The van der Waals surface area contributed by atoms with Crippen molar-refractivity contribution in [1.29, 1.82) is 0 Å². The number of rotatable bonds is 2. The van der Waals surface area contributed by atoms with Crippen LogP contribution in [0.2, 0.25) is 0 Å². The summed E-state index contributed by atoms with van der Waals surface area (Å²) >= 11 is 0. The highest BCUT2D eigenvalue weighted by Crippen LogP contribution is 2.45. The van der Waals surface area contributed by atoms with Gasteiger partial charge in [0, 0.05) is 18.6 Å². The van der Waals surface area contributed by atoms with Gasteiger partial charge in [-0.15, -0.1) is 0 Å². The Kier molecular flexibility index (Phi) is 2.51. The summed E-state index contributed by atoms with van der Waals surface area (Å²) in [6.45, 7) is 6.95. The van der Waals surface area contributed by atoms with Gasteiger partial charge >= 0.3 is 0 Å². The van der Waals surface area contributed by atoms with E-state index in [-0.39, 0.29) is 23.5 Å². The molecule has 4 nitrogen and oxygen atoms in total. The van der Waals surface area contributed by atoms with Crippen LogP contribution in [0.5, 0.6) is 0 Å². The average Bonchev–Trinajstić information content (AvgIpc) is 2.49. The maximum Gasteiger partial charge on any atom is 0.240 e. The Hall–Kier alpha value is -0.610. The molecule has 1 saturated carbocycles. The van der Waals surface area contributed by atoms with Crippen LogP contribution in [0.15, 0.2) is 0 Å². The van der Waals surface area contributed by atoms with Gasteiger partial charge in [0.2, 0.25) is 5.91 Å². The molecular formula is C11H20N2O2. The van der Waals surface area contributed by atoms with Gasteiger partial charge in [-0.2, -0.15) is 0 Å². The monoisotopic (exact) mass is 212 g/mol. The van der Waals surface area contributed by atoms with Crippen LogP contribution in [0.1, 0.15) is 27.2 Å². The van der Waals surface area contributed by atoms with Crippen molar-refractivity contribution in [2.45, 2.75) is 45.4 Å². The Balaban J connectivity index is 2.06. The molecule has 4 heteroatoms. The standard InChI is InChI=1S/C11H20N2O2/c1-7-10(14)13(6-12-7)8-5-9(15-4)11(8,2)3/h7-9,12H,5-6H2,1-4H3. The zero-order chi connectivity index (χ0) is 11.2. The van der Waals surface area contributed by atoms with Gasteiger partial charge in [-0.25, -0.2) is 0 Å². The van der Waals surface area contributed by atoms with Gasteiger partial charge in [-0.3, -0.25) is 10.1 Å². The Bertz CT molecular complexity index is 278. The maximum atomic E-state index is 11.8. The molecule has 2 rings (SSSR count). The summed E-state index contributed by atoms with van der Waals surface area (Å²) in [7, 11) is 1.75. The normalized spacial score (nSPS) is 39.3. The zero-order valence-electron chi connectivity index (χ0n) is 9.91. The lowest BCUT2D eigenvalue weighted by atomic mass is 9.64. The molecule has 1 saturated heterocycles. The van der Waals surface area contributed by atoms with Crippen molar-refractivity contribution in [2.75, 3.05) is 13.8 Å². The quantitative estimate of drug-likeness (QED) is 0.728. The molecule has 0 bridgehead atoms. The minimum Gasteiger partial charge on any atom is -0.381 e. The second kappa shape index (κ2) is 3.46. The van der Waals surface area contributed by atoms with Crippen LogP contribution < -0.4 is 5.32 Å². The number of carbonyl (C=O) groups is 1. The van der Waals surface area contributed by atoms with Crippen molar-refractivity contribution in [3.63, 3.8) is 0 Å². The lowest BCUT2D eigenvalue weighted by Gasteiger charge is -2.54. The Morgan fingerprint density at radius 3 is 2.60 bits per heavy atom. The van der Waals surface area contributed by atoms with Gasteiger partial charge in [0.1, 0.15) is 0 Å². The fourth-order valence-electron chi connectivity index (χ4n) is 2.71. The lowest BCUT2D eigenvalue weighted by molar-refractivity contribution is -0.157. The lowest BCUT2D eigenvalue weighted by Crippen LogP contribution is -2.62. The summed E-state index contributed by atoms with van der Waals surface area (Å²) < 4.78 is 5.39. The van der Waals surface area contributed by atoms with Crippen LogP contribution in [0.4, 0.5) is 0 Å². The number of amides is 1. The van der Waals surface area contributed by atoms with Crippen LogP contribution in [0.3, 0.4) is 0 Å². The molecule has 0 aromatic carbocycles. The first-order valence-electron chi connectivity index (χ1n) is 5.55. The van der Waals surface area contributed by atoms with E-state index >= 15 is 0 Å². The highest BCUT2D eigenvalue weighted by molar-refractivity contribution is 5.83. The smallest absolute Gasteiger partial charge is 0.240 e. The maximum absolute atomic E-state index is 11.8. The second-order valence-corrected chi connectivity index (χ2v) is 5.19. The minimum atomic E-state index is -0.0256. The van der Waals surface area contributed by atoms with Crippen molar-refractivity contribution in [3.8, 4) is 0 Å². The number of hydrogen-bond donors (Lipinski definition) is 1. The highest BCUT2D eigenvalue weighted by atomic mass is 16.5. The van der Waals surface area contributed by atoms with E-state index in [0.717, 1.165) is 6.42 Å². The molecule has 0 aromatic heterocycles. The first-order chi connectivity index (χ1) is 6.98. The SMILES string of the molecule is COC1CC(N2CNC(C)C2=O)C1(C)C. The molecule has 0 aromatic rings. The summed E-state index contributed by atoms with van der Waals surface area (Å²) in [6, 6.07) is 0.301. The van der Waals surface area contributed by atoms with Crippen molar-refractivity contribution in [1.82, 2.24) is 10.2 Å². The highest BCUT2D eigenvalue weighted by Gasteiger charge is 2.53. The van der Waals surface area contributed by atoms with Crippen molar-refractivity contribution >= 4 is 5.91 Å².